The van der Waals surface area contributed by atoms with E-state index in [1.54, 1.807) is 37.4 Å². The van der Waals surface area contributed by atoms with Crippen LogP contribution in [0.5, 0.6) is 0 Å². The van der Waals surface area contributed by atoms with E-state index in [0.29, 0.717) is 17.6 Å². The summed E-state index contributed by atoms with van der Waals surface area (Å²) in [6.45, 7) is 2.22. The average molecular weight is 287 g/mol. The van der Waals surface area contributed by atoms with Crippen molar-refractivity contribution in [3.63, 3.8) is 0 Å². The quantitative estimate of drug-likeness (QED) is 0.884. The van der Waals surface area contributed by atoms with Gasteiger partial charge < -0.3 is 15.2 Å². The maximum Gasteiger partial charge on any atom is 0.336 e. The Labute approximate surface area is 122 Å². The number of ether oxygens (including phenoxy) is 1. The summed E-state index contributed by atoms with van der Waals surface area (Å²) in [6.07, 6.45) is 0. The molecule has 2 rings (SSSR count). The number of hydrogen-bond acceptors (Lipinski definition) is 3. The van der Waals surface area contributed by atoms with Gasteiger partial charge in [0, 0.05) is 24.1 Å². The molecule has 1 amide bonds. The second-order valence-electron chi connectivity index (χ2n) is 4.84. The molecule has 5 nitrogen and oxygen atoms in total. The zero-order chi connectivity index (χ0) is 15.4. The zero-order valence-corrected chi connectivity index (χ0v) is 11.9. The van der Waals surface area contributed by atoms with Gasteiger partial charge in [0.25, 0.3) is 5.91 Å². The number of nitrogens with one attached hydrogen (secondary N) is 1. The molecule has 0 aliphatic heterocycles. The van der Waals surface area contributed by atoms with E-state index in [-0.39, 0.29) is 17.5 Å². The molecular formula is C16H17NO4. The zero-order valence-electron chi connectivity index (χ0n) is 11.9. The molecule has 2 aromatic rings. The van der Waals surface area contributed by atoms with Crippen LogP contribution < -0.4 is 5.32 Å². The molecular weight excluding hydrogens is 270 g/mol. The van der Waals surface area contributed by atoms with Crippen molar-refractivity contribution in [3.8, 4) is 0 Å². The van der Waals surface area contributed by atoms with Crippen molar-refractivity contribution in [1.29, 1.82) is 0 Å². The van der Waals surface area contributed by atoms with E-state index < -0.39 is 5.97 Å². The Kier molecular flexibility index (Phi) is 4.55. The number of aromatic carboxylic acids is 1. The summed E-state index contributed by atoms with van der Waals surface area (Å²) < 4.78 is 4.98. The average Bonchev–Trinajstić information content (AvgIpc) is 2.45. The van der Waals surface area contributed by atoms with Gasteiger partial charge in [0.2, 0.25) is 0 Å². The number of amides is 1. The van der Waals surface area contributed by atoms with Crippen molar-refractivity contribution < 1.29 is 19.4 Å². The molecule has 0 aliphatic rings. The largest absolute Gasteiger partial charge is 0.478 e. The molecule has 110 valence electrons. The highest BCUT2D eigenvalue weighted by Gasteiger charge is 2.17. The molecule has 0 spiro atoms. The first-order valence-corrected chi connectivity index (χ1v) is 6.59. The van der Waals surface area contributed by atoms with Gasteiger partial charge in [0.1, 0.15) is 0 Å². The molecule has 21 heavy (non-hydrogen) atoms. The number of hydrogen-bond donors (Lipinski definition) is 2. The van der Waals surface area contributed by atoms with Crippen LogP contribution in [0, 0.1) is 0 Å². The lowest BCUT2D eigenvalue weighted by molar-refractivity contribution is 0.0699. The summed E-state index contributed by atoms with van der Waals surface area (Å²) in [5.41, 5.74) is 0.478. The molecule has 0 fully saturated rings. The van der Waals surface area contributed by atoms with Crippen molar-refractivity contribution in [2.45, 2.75) is 13.0 Å². The SMILES string of the molecule is COCC(C)NC(=O)c1cccc2cccc(C(=O)O)c12. The van der Waals surface area contributed by atoms with Crippen LogP contribution in [0.15, 0.2) is 36.4 Å². The summed E-state index contributed by atoms with van der Waals surface area (Å²) in [7, 11) is 1.56. The summed E-state index contributed by atoms with van der Waals surface area (Å²) in [4.78, 5) is 23.7. The highest BCUT2D eigenvalue weighted by Crippen LogP contribution is 2.23. The van der Waals surface area contributed by atoms with Gasteiger partial charge in [-0.05, 0) is 24.4 Å². The van der Waals surface area contributed by atoms with Crippen LogP contribution in [0.4, 0.5) is 0 Å². The fourth-order valence-electron chi connectivity index (χ4n) is 2.30. The van der Waals surface area contributed by atoms with Gasteiger partial charge >= 0.3 is 5.97 Å². The predicted molar refractivity (Wildman–Crippen MR) is 79.7 cm³/mol. The molecule has 0 heterocycles. The number of carbonyl (C=O) groups is 2. The van der Waals surface area contributed by atoms with E-state index >= 15 is 0 Å². The van der Waals surface area contributed by atoms with Gasteiger partial charge in [-0.3, -0.25) is 4.79 Å². The lowest BCUT2D eigenvalue weighted by Gasteiger charge is -2.14. The molecule has 0 radical (unpaired) electrons. The summed E-state index contributed by atoms with van der Waals surface area (Å²) in [5, 5.41) is 13.3. The van der Waals surface area contributed by atoms with Crippen molar-refractivity contribution in [1.82, 2.24) is 5.32 Å². The number of carbonyl (C=O) groups excluding carboxylic acids is 1. The van der Waals surface area contributed by atoms with E-state index in [9.17, 15) is 14.7 Å². The molecule has 2 aromatic carbocycles. The Hall–Kier alpha value is -2.40. The van der Waals surface area contributed by atoms with E-state index in [4.69, 9.17) is 4.74 Å². The highest BCUT2D eigenvalue weighted by atomic mass is 16.5. The van der Waals surface area contributed by atoms with Crippen molar-refractivity contribution in [3.05, 3.63) is 47.5 Å². The fraction of sp³-hybridized carbons (Fsp3) is 0.250. The van der Waals surface area contributed by atoms with Crippen LogP contribution in [0.25, 0.3) is 10.8 Å². The van der Waals surface area contributed by atoms with Crippen LogP contribution in [0.3, 0.4) is 0 Å². The van der Waals surface area contributed by atoms with Gasteiger partial charge in [0.05, 0.1) is 12.2 Å². The van der Waals surface area contributed by atoms with Crippen molar-refractivity contribution >= 4 is 22.6 Å². The standard InChI is InChI=1S/C16H17NO4/c1-10(9-21-2)17-15(18)12-7-3-5-11-6-4-8-13(14(11)12)16(19)20/h3-8,10H,9H2,1-2H3,(H,17,18)(H,19,20). The highest BCUT2D eigenvalue weighted by molar-refractivity contribution is 6.14. The number of rotatable bonds is 5. The van der Waals surface area contributed by atoms with E-state index in [0.717, 1.165) is 5.39 Å². The number of benzene rings is 2. The van der Waals surface area contributed by atoms with E-state index in [1.807, 2.05) is 6.92 Å². The number of carboxylic acids is 1. The Morgan fingerprint density at radius 3 is 2.38 bits per heavy atom. The van der Waals surface area contributed by atoms with Crippen molar-refractivity contribution in [2.24, 2.45) is 0 Å². The maximum absolute atomic E-state index is 12.4. The van der Waals surface area contributed by atoms with Gasteiger partial charge in [-0.15, -0.1) is 0 Å². The molecule has 5 heteroatoms. The Morgan fingerprint density at radius 2 is 1.81 bits per heavy atom. The third kappa shape index (κ3) is 3.20. The number of fused-ring (bicyclic) bond motifs is 1. The molecule has 0 bridgehead atoms. The Balaban J connectivity index is 2.48. The molecule has 0 aliphatic carbocycles. The smallest absolute Gasteiger partial charge is 0.336 e. The molecule has 0 saturated carbocycles. The van der Waals surface area contributed by atoms with Crippen molar-refractivity contribution in [2.75, 3.05) is 13.7 Å². The second-order valence-corrected chi connectivity index (χ2v) is 4.84. The van der Waals surface area contributed by atoms with Gasteiger partial charge in [-0.25, -0.2) is 4.79 Å². The molecule has 1 unspecified atom stereocenters. The molecule has 0 aromatic heterocycles. The van der Waals surface area contributed by atoms with E-state index in [1.165, 1.54) is 6.07 Å². The predicted octanol–water partition coefficient (Wildman–Crippen LogP) is 2.30. The lowest BCUT2D eigenvalue weighted by atomic mass is 9.98. The first kappa shape index (κ1) is 15.0. The first-order valence-electron chi connectivity index (χ1n) is 6.59. The number of carboxylic acid groups (broad SMARTS) is 1. The monoisotopic (exact) mass is 287 g/mol. The normalized spacial score (nSPS) is 12.1. The van der Waals surface area contributed by atoms with E-state index in [2.05, 4.69) is 5.32 Å². The second kappa shape index (κ2) is 6.37. The molecule has 2 N–H and O–H groups in total. The molecule has 0 saturated heterocycles. The van der Waals surface area contributed by atoms with Gasteiger partial charge in [-0.1, -0.05) is 24.3 Å². The minimum absolute atomic E-state index is 0.123. The van der Waals surface area contributed by atoms with Crippen LogP contribution in [-0.4, -0.2) is 36.7 Å². The number of methoxy groups -OCH3 is 1. The summed E-state index contributed by atoms with van der Waals surface area (Å²) in [6, 6.07) is 9.96. The minimum Gasteiger partial charge on any atom is -0.478 e. The summed E-state index contributed by atoms with van der Waals surface area (Å²) in [5.74, 6) is -1.36. The maximum atomic E-state index is 12.4. The van der Waals surface area contributed by atoms with Crippen LogP contribution in [-0.2, 0) is 4.74 Å². The Morgan fingerprint density at radius 1 is 1.19 bits per heavy atom. The van der Waals surface area contributed by atoms with Crippen LogP contribution in [0.1, 0.15) is 27.6 Å². The van der Waals surface area contributed by atoms with Gasteiger partial charge in [-0.2, -0.15) is 0 Å². The lowest BCUT2D eigenvalue weighted by Crippen LogP contribution is -2.35. The third-order valence-corrected chi connectivity index (χ3v) is 3.17. The van der Waals surface area contributed by atoms with Gasteiger partial charge in [0.15, 0.2) is 0 Å². The first-order chi connectivity index (χ1) is 10.0. The van der Waals surface area contributed by atoms with Crippen LogP contribution >= 0.6 is 0 Å². The Bertz CT molecular complexity index is 676. The minimum atomic E-state index is -1.05. The topological polar surface area (TPSA) is 75.6 Å². The molecule has 1 atom stereocenters. The van der Waals surface area contributed by atoms with Crippen LogP contribution in [0.2, 0.25) is 0 Å². The fourth-order valence-corrected chi connectivity index (χ4v) is 2.30. The third-order valence-electron chi connectivity index (χ3n) is 3.17. The summed E-state index contributed by atoms with van der Waals surface area (Å²) >= 11 is 0.